The minimum Gasteiger partial charge on any atom is -0.459 e. The van der Waals surface area contributed by atoms with Crippen LogP contribution >= 0.6 is 7.82 Å². The maximum atomic E-state index is 13.5. The van der Waals surface area contributed by atoms with Gasteiger partial charge in [0.15, 0.2) is 0 Å². The number of phosphoric acid groups is 1. The smallest absolute Gasteiger partial charge is 0.459 e. The van der Waals surface area contributed by atoms with Gasteiger partial charge in [-0.2, -0.15) is 0 Å². The van der Waals surface area contributed by atoms with E-state index < -0.39 is 92.3 Å². The lowest BCUT2D eigenvalue weighted by molar-refractivity contribution is -0.0629. The number of H-pyrrole nitrogens is 2. The van der Waals surface area contributed by atoms with Crippen molar-refractivity contribution in [2.45, 2.75) is 63.6 Å². The summed E-state index contributed by atoms with van der Waals surface area (Å²) in [5.74, 6) is -1.44. The average Bonchev–Trinajstić information content (AvgIpc) is 3.72. The molecule has 2 saturated heterocycles. The van der Waals surface area contributed by atoms with E-state index >= 15 is 0 Å². The van der Waals surface area contributed by atoms with Crippen molar-refractivity contribution in [2.75, 3.05) is 13.2 Å². The Morgan fingerprint density at radius 1 is 0.755 bits per heavy atom. The van der Waals surface area contributed by atoms with Crippen LogP contribution in [0.15, 0.2) is 92.2 Å². The second kappa shape index (κ2) is 15.8. The summed E-state index contributed by atoms with van der Waals surface area (Å²) in [5, 5.41) is 0. The number of phosphoric ester groups is 1. The Morgan fingerprint density at radius 2 is 1.23 bits per heavy atom. The monoisotopic (exact) mass is 754 g/mol. The Balaban J connectivity index is 1.19. The lowest BCUT2D eigenvalue weighted by Crippen LogP contribution is -2.33. The van der Waals surface area contributed by atoms with E-state index in [2.05, 4.69) is 9.97 Å². The first-order chi connectivity index (χ1) is 25.3. The van der Waals surface area contributed by atoms with E-state index in [-0.39, 0.29) is 35.1 Å². The molecule has 0 bridgehead atoms. The molecule has 0 amide bonds. The van der Waals surface area contributed by atoms with Crippen LogP contribution in [-0.4, -0.2) is 73.6 Å². The van der Waals surface area contributed by atoms with Gasteiger partial charge >= 0.3 is 31.1 Å². The second-order valence-corrected chi connectivity index (χ2v) is 13.8. The summed E-state index contributed by atoms with van der Waals surface area (Å²) < 4.78 is 49.5. The van der Waals surface area contributed by atoms with Gasteiger partial charge in [-0.25, -0.2) is 23.7 Å². The number of hydrogen-bond acceptors (Lipinski definition) is 13. The number of nitrogens with one attached hydrogen (secondary N) is 2. The standard InChI is InChI=1S/C34H35N4O14P/c1-19-15-37(33(43)35-29(19)39)27-13-23(51-32(42)22-11-7-4-8-12-22)26(50-27)18-48-53(45,46)52-24-14-28(38-16-20(2)30(40)36-34(38)44)49-25(24)17-47-31(41)21-9-5-3-6-10-21/h3-12,15-16,23-28H,13-14,17-18H2,1-2H3,(H,45,46)(H,35,39,43)(H,36,40,44)/t23-,24-,25+,26+,27+,28+/m0/s1. The molecule has 0 spiro atoms. The van der Waals surface area contributed by atoms with Gasteiger partial charge in [0.2, 0.25) is 0 Å². The Morgan fingerprint density at radius 3 is 1.75 bits per heavy atom. The molecule has 280 valence electrons. The summed E-state index contributed by atoms with van der Waals surface area (Å²) in [6.45, 7) is 1.83. The van der Waals surface area contributed by atoms with Crippen LogP contribution in [-0.2, 0) is 32.6 Å². The molecule has 2 aromatic heterocycles. The lowest BCUT2D eigenvalue weighted by atomic mass is 10.1. The summed E-state index contributed by atoms with van der Waals surface area (Å²) in [7, 11) is -5.02. The van der Waals surface area contributed by atoms with E-state index in [0.29, 0.717) is 0 Å². The number of nitrogens with zero attached hydrogens (tertiary/aromatic N) is 2. The minimum absolute atomic E-state index is 0.0884. The van der Waals surface area contributed by atoms with E-state index in [4.69, 9.17) is 28.0 Å². The van der Waals surface area contributed by atoms with Crippen molar-refractivity contribution < 1.29 is 47.0 Å². The van der Waals surface area contributed by atoms with Crippen molar-refractivity contribution in [1.29, 1.82) is 0 Å². The highest BCUT2D eigenvalue weighted by atomic mass is 31.2. The van der Waals surface area contributed by atoms with Crippen LogP contribution in [0.3, 0.4) is 0 Å². The SMILES string of the molecule is Cc1cn([C@H]2C[C@H](OC(=O)c3ccccc3)[C@@H](COP(=O)(O)O[C@H]3C[C@H](n4cc(C)c(=O)[nH]c4=O)O[C@@H]3COC(=O)c3ccccc3)O2)c(=O)[nH]c1=O. The maximum Gasteiger partial charge on any atom is 0.472 e. The first kappa shape index (κ1) is 37.5. The van der Waals surface area contributed by atoms with Crippen LogP contribution in [0.5, 0.6) is 0 Å². The van der Waals surface area contributed by atoms with Gasteiger partial charge in [-0.3, -0.25) is 37.7 Å². The third-order valence-corrected chi connectivity index (χ3v) is 9.61. The molecule has 19 heteroatoms. The van der Waals surface area contributed by atoms with E-state index in [1.165, 1.54) is 50.5 Å². The van der Waals surface area contributed by atoms with Crippen molar-refractivity contribution in [1.82, 2.24) is 19.1 Å². The van der Waals surface area contributed by atoms with Crippen molar-refractivity contribution in [3.63, 3.8) is 0 Å². The van der Waals surface area contributed by atoms with Crippen LogP contribution < -0.4 is 22.5 Å². The molecule has 18 nitrogen and oxygen atoms in total. The highest BCUT2D eigenvalue weighted by molar-refractivity contribution is 7.47. The van der Waals surface area contributed by atoms with Crippen LogP contribution in [0.2, 0.25) is 0 Å². The Hall–Kier alpha value is -5.23. The molecule has 0 aliphatic carbocycles. The predicted octanol–water partition coefficient (Wildman–Crippen LogP) is 1.86. The Bertz CT molecular complexity index is 2250. The highest BCUT2D eigenvalue weighted by Crippen LogP contribution is 2.49. The van der Waals surface area contributed by atoms with Gasteiger partial charge < -0.3 is 23.8 Å². The fraction of sp³-hybridized carbons (Fsp3) is 0.353. The zero-order chi connectivity index (χ0) is 37.9. The van der Waals surface area contributed by atoms with E-state index in [1.807, 2.05) is 0 Å². The molecular weight excluding hydrogens is 719 g/mol. The maximum absolute atomic E-state index is 13.5. The Kier molecular flexibility index (Phi) is 11.2. The minimum atomic E-state index is -5.02. The molecule has 4 aromatic rings. The summed E-state index contributed by atoms with van der Waals surface area (Å²) in [5.41, 5.74) is -1.95. The quantitative estimate of drug-likeness (QED) is 0.138. The van der Waals surface area contributed by atoms with Crippen LogP contribution in [0.4, 0.5) is 0 Å². The molecule has 1 unspecified atom stereocenters. The van der Waals surface area contributed by atoms with Crippen molar-refractivity contribution in [3.05, 3.63) is 137 Å². The summed E-state index contributed by atoms with van der Waals surface area (Å²) in [6, 6.07) is 16.1. The van der Waals surface area contributed by atoms with Crippen molar-refractivity contribution in [2.24, 2.45) is 0 Å². The second-order valence-electron chi connectivity index (χ2n) is 12.4. The van der Waals surface area contributed by atoms with Gasteiger partial charge in [0, 0.05) is 36.4 Å². The zero-order valence-corrected chi connectivity index (χ0v) is 29.2. The molecule has 0 saturated carbocycles. The van der Waals surface area contributed by atoms with Crippen molar-refractivity contribution in [3.8, 4) is 0 Å². The van der Waals surface area contributed by atoms with Gasteiger partial charge in [0.25, 0.3) is 11.1 Å². The molecule has 2 fully saturated rings. The van der Waals surface area contributed by atoms with Crippen molar-refractivity contribution >= 4 is 19.8 Å². The number of ether oxygens (including phenoxy) is 4. The third kappa shape index (κ3) is 8.88. The lowest BCUT2D eigenvalue weighted by Gasteiger charge is -2.23. The number of benzene rings is 2. The first-order valence-electron chi connectivity index (χ1n) is 16.4. The fourth-order valence-electron chi connectivity index (χ4n) is 5.84. The van der Waals surface area contributed by atoms with Gasteiger partial charge in [-0.1, -0.05) is 36.4 Å². The van der Waals surface area contributed by atoms with Crippen LogP contribution in [0, 0.1) is 13.8 Å². The van der Waals surface area contributed by atoms with Gasteiger partial charge in [0.05, 0.1) is 17.7 Å². The molecule has 2 aliphatic heterocycles. The number of aromatic amines is 2. The predicted molar refractivity (Wildman–Crippen MR) is 182 cm³/mol. The number of rotatable bonds is 12. The number of aromatic nitrogens is 4. The fourth-order valence-corrected chi connectivity index (χ4v) is 6.80. The number of carbonyl (C=O) groups is 2. The summed E-state index contributed by atoms with van der Waals surface area (Å²) in [6.07, 6.45) is -4.69. The van der Waals surface area contributed by atoms with E-state index in [9.17, 15) is 38.2 Å². The third-order valence-electron chi connectivity index (χ3n) is 8.60. The topological polar surface area (TPSA) is 237 Å². The molecule has 53 heavy (non-hydrogen) atoms. The highest BCUT2D eigenvalue weighted by Gasteiger charge is 2.45. The van der Waals surface area contributed by atoms with Gasteiger partial charge in [-0.05, 0) is 38.1 Å². The molecule has 6 rings (SSSR count). The number of carbonyl (C=O) groups excluding carboxylic acids is 2. The molecular formula is C34H35N4O14P. The normalized spacial score (nSPS) is 23.7. The van der Waals surface area contributed by atoms with Gasteiger partial charge in [0.1, 0.15) is 43.5 Å². The van der Waals surface area contributed by atoms with E-state index in [1.54, 1.807) is 36.4 Å². The van der Waals surface area contributed by atoms with Crippen LogP contribution in [0.25, 0.3) is 0 Å². The van der Waals surface area contributed by atoms with Crippen LogP contribution in [0.1, 0.15) is 57.1 Å². The van der Waals surface area contributed by atoms with E-state index in [0.717, 1.165) is 9.13 Å². The molecule has 0 radical (unpaired) electrons. The number of esters is 2. The average molecular weight is 755 g/mol. The summed E-state index contributed by atoms with van der Waals surface area (Å²) in [4.78, 5) is 90.1. The molecule has 3 N–H and O–H groups in total. The Labute approximate surface area is 299 Å². The zero-order valence-electron chi connectivity index (χ0n) is 28.3. The number of hydrogen-bond donors (Lipinski definition) is 3. The first-order valence-corrected chi connectivity index (χ1v) is 17.9. The summed E-state index contributed by atoms with van der Waals surface area (Å²) >= 11 is 0. The molecule has 2 aromatic carbocycles. The molecule has 2 aliphatic rings. The largest absolute Gasteiger partial charge is 0.472 e. The number of aryl methyl sites for hydroxylation is 2. The van der Waals surface area contributed by atoms with Gasteiger partial charge in [-0.15, -0.1) is 0 Å². The molecule has 7 atom stereocenters. The molecule has 4 heterocycles.